The first-order valence-electron chi connectivity index (χ1n) is 4.67. The van der Waals surface area contributed by atoms with Gasteiger partial charge in [-0.15, -0.1) is 0 Å². The van der Waals surface area contributed by atoms with Crippen LogP contribution in [0.3, 0.4) is 0 Å². The summed E-state index contributed by atoms with van der Waals surface area (Å²) in [5, 5.41) is 2.65. The van der Waals surface area contributed by atoms with Gasteiger partial charge in [-0.2, -0.15) is 0 Å². The van der Waals surface area contributed by atoms with Crippen LogP contribution < -0.4 is 5.32 Å². The summed E-state index contributed by atoms with van der Waals surface area (Å²) in [7, 11) is 1.61. The first-order chi connectivity index (χ1) is 6.61. The summed E-state index contributed by atoms with van der Waals surface area (Å²) in [6.07, 6.45) is 0.768. The lowest BCUT2D eigenvalue weighted by molar-refractivity contribution is -0.141. The molecule has 0 bridgehead atoms. The van der Waals surface area contributed by atoms with Gasteiger partial charge in [0.1, 0.15) is 6.04 Å². The maximum absolute atomic E-state index is 11.0. The molecule has 0 aromatic heterocycles. The van der Waals surface area contributed by atoms with Crippen LogP contribution in [0.4, 0.5) is 4.79 Å². The van der Waals surface area contributed by atoms with Crippen molar-refractivity contribution < 1.29 is 19.1 Å². The van der Waals surface area contributed by atoms with Crippen molar-refractivity contribution in [3.8, 4) is 0 Å². The lowest BCUT2D eigenvalue weighted by atomic mass is 10.3. The van der Waals surface area contributed by atoms with E-state index in [9.17, 15) is 9.59 Å². The third-order valence-corrected chi connectivity index (χ3v) is 1.69. The number of rotatable bonds is 5. The first kappa shape index (κ1) is 12.9. The highest BCUT2D eigenvalue weighted by atomic mass is 16.7. The van der Waals surface area contributed by atoms with Crippen LogP contribution in [0.15, 0.2) is 0 Å². The van der Waals surface area contributed by atoms with E-state index in [0.29, 0.717) is 0 Å². The van der Waals surface area contributed by atoms with Crippen molar-refractivity contribution in [2.45, 2.75) is 32.7 Å². The molecule has 0 aromatic rings. The minimum absolute atomic E-state index is 0.288. The molecule has 0 aliphatic carbocycles. The molecule has 0 amide bonds. The number of unbranched alkanes of at least 4 members (excludes halogenated alkanes) is 1. The van der Waals surface area contributed by atoms with Gasteiger partial charge in [0.15, 0.2) is 0 Å². The molecule has 5 heteroatoms. The van der Waals surface area contributed by atoms with Crippen LogP contribution in [-0.4, -0.2) is 31.8 Å². The van der Waals surface area contributed by atoms with Crippen molar-refractivity contribution in [3.05, 3.63) is 0 Å². The van der Waals surface area contributed by atoms with Gasteiger partial charge in [0.2, 0.25) is 0 Å². The van der Waals surface area contributed by atoms with Crippen LogP contribution in [0.1, 0.15) is 26.7 Å². The molecule has 0 heterocycles. The zero-order valence-corrected chi connectivity index (χ0v) is 8.83. The summed E-state index contributed by atoms with van der Waals surface area (Å²) in [6.45, 7) is 3.86. The van der Waals surface area contributed by atoms with E-state index in [4.69, 9.17) is 0 Å². The largest absolute Gasteiger partial charge is 0.516 e. The highest BCUT2D eigenvalue weighted by Gasteiger charge is 2.16. The predicted octanol–water partition coefficient (Wildman–Crippen LogP) is 1.07. The van der Waals surface area contributed by atoms with Crippen molar-refractivity contribution in [2.75, 3.05) is 13.7 Å². The van der Waals surface area contributed by atoms with E-state index in [1.807, 2.05) is 6.92 Å². The van der Waals surface area contributed by atoms with Crippen LogP contribution in [-0.2, 0) is 14.3 Å². The summed E-state index contributed by atoms with van der Waals surface area (Å²) >= 11 is 0. The Labute approximate surface area is 83.8 Å². The van der Waals surface area contributed by atoms with Crippen molar-refractivity contribution in [1.82, 2.24) is 5.32 Å². The number of carbonyl (C=O) groups is 2. The molecule has 1 atom stereocenters. The Morgan fingerprint density at radius 2 is 2.07 bits per heavy atom. The fourth-order valence-corrected chi connectivity index (χ4v) is 0.618. The Hall–Kier alpha value is -1.10. The second-order valence-electron chi connectivity index (χ2n) is 2.88. The monoisotopic (exact) mass is 203 g/mol. The Bertz CT molecular complexity index is 193. The molecule has 0 radical (unpaired) electrons. The fraction of sp³-hybridized carbons (Fsp3) is 0.778. The minimum Gasteiger partial charge on any atom is -0.434 e. The van der Waals surface area contributed by atoms with E-state index in [1.165, 1.54) is 0 Å². The normalized spacial score (nSPS) is 11.9. The van der Waals surface area contributed by atoms with E-state index < -0.39 is 18.2 Å². The summed E-state index contributed by atoms with van der Waals surface area (Å²) < 4.78 is 9.03. The molecule has 0 aromatic carbocycles. The topological polar surface area (TPSA) is 64.6 Å². The number of hydrogen-bond acceptors (Lipinski definition) is 5. The Morgan fingerprint density at radius 3 is 2.57 bits per heavy atom. The lowest BCUT2D eigenvalue weighted by Crippen LogP contribution is -2.34. The molecule has 0 aliphatic heterocycles. The summed E-state index contributed by atoms with van der Waals surface area (Å²) in [6, 6.07) is -0.506. The minimum atomic E-state index is -0.925. The summed E-state index contributed by atoms with van der Waals surface area (Å²) in [5.41, 5.74) is 0. The van der Waals surface area contributed by atoms with Gasteiger partial charge in [-0.3, -0.25) is 0 Å². The average Bonchev–Trinajstić information content (AvgIpc) is 2.16. The van der Waals surface area contributed by atoms with E-state index in [0.717, 1.165) is 12.8 Å². The molecule has 82 valence electrons. The quantitative estimate of drug-likeness (QED) is 0.411. The highest BCUT2D eigenvalue weighted by molar-refractivity contribution is 5.85. The van der Waals surface area contributed by atoms with Crippen LogP contribution in [0.25, 0.3) is 0 Å². The van der Waals surface area contributed by atoms with E-state index in [1.54, 1.807) is 14.0 Å². The number of ether oxygens (including phenoxy) is 2. The fourth-order valence-electron chi connectivity index (χ4n) is 0.618. The molecule has 1 N–H and O–H groups in total. The SMILES string of the molecule is CCCCOC(=O)OC(=O)[C@H](C)NC. The lowest BCUT2D eigenvalue weighted by Gasteiger charge is -2.08. The van der Waals surface area contributed by atoms with Crippen molar-refractivity contribution >= 4 is 12.1 Å². The Kier molecular flexibility index (Phi) is 6.74. The maximum atomic E-state index is 11.0. The van der Waals surface area contributed by atoms with Gasteiger partial charge in [0.25, 0.3) is 0 Å². The zero-order chi connectivity index (χ0) is 11.0. The molecule has 0 unspecified atom stereocenters. The van der Waals surface area contributed by atoms with Gasteiger partial charge >= 0.3 is 12.1 Å². The van der Waals surface area contributed by atoms with Crippen LogP contribution in [0.2, 0.25) is 0 Å². The van der Waals surface area contributed by atoms with Gasteiger partial charge in [0.05, 0.1) is 6.61 Å². The van der Waals surface area contributed by atoms with Gasteiger partial charge in [0, 0.05) is 0 Å². The van der Waals surface area contributed by atoms with E-state index in [-0.39, 0.29) is 6.61 Å². The molecular formula is C9H17NO4. The third-order valence-electron chi connectivity index (χ3n) is 1.69. The van der Waals surface area contributed by atoms with Crippen LogP contribution in [0.5, 0.6) is 0 Å². The molecule has 0 fully saturated rings. The maximum Gasteiger partial charge on any atom is 0.516 e. The smallest absolute Gasteiger partial charge is 0.434 e. The molecule has 0 saturated heterocycles. The zero-order valence-electron chi connectivity index (χ0n) is 8.83. The number of likely N-dealkylation sites (N-methyl/N-ethyl adjacent to an activating group) is 1. The van der Waals surface area contributed by atoms with Crippen LogP contribution in [0, 0.1) is 0 Å². The first-order valence-corrected chi connectivity index (χ1v) is 4.67. The molecule has 0 saturated carbocycles. The molecular weight excluding hydrogens is 186 g/mol. The van der Waals surface area contributed by atoms with Crippen molar-refractivity contribution in [3.63, 3.8) is 0 Å². The molecule has 0 spiro atoms. The second-order valence-corrected chi connectivity index (χ2v) is 2.88. The van der Waals surface area contributed by atoms with Gasteiger partial charge in [-0.1, -0.05) is 13.3 Å². The standard InChI is InChI=1S/C9H17NO4/c1-4-5-6-13-9(12)14-8(11)7(2)10-3/h7,10H,4-6H2,1-3H3/t7-/m0/s1. The Balaban J connectivity index is 3.66. The second kappa shape index (κ2) is 7.32. The summed E-state index contributed by atoms with van der Waals surface area (Å²) in [5.74, 6) is -0.631. The number of hydrogen-bond donors (Lipinski definition) is 1. The number of esters is 1. The number of nitrogens with one attached hydrogen (secondary N) is 1. The average molecular weight is 203 g/mol. The molecule has 5 nitrogen and oxygen atoms in total. The van der Waals surface area contributed by atoms with Crippen molar-refractivity contribution in [1.29, 1.82) is 0 Å². The van der Waals surface area contributed by atoms with E-state index >= 15 is 0 Å². The van der Waals surface area contributed by atoms with Gasteiger partial charge < -0.3 is 14.8 Å². The van der Waals surface area contributed by atoms with E-state index in [2.05, 4.69) is 14.8 Å². The van der Waals surface area contributed by atoms with Gasteiger partial charge in [-0.25, -0.2) is 9.59 Å². The molecule has 0 rings (SSSR count). The van der Waals surface area contributed by atoms with Gasteiger partial charge in [-0.05, 0) is 20.4 Å². The molecule has 14 heavy (non-hydrogen) atoms. The highest BCUT2D eigenvalue weighted by Crippen LogP contribution is 1.94. The van der Waals surface area contributed by atoms with Crippen LogP contribution >= 0.6 is 0 Å². The number of carbonyl (C=O) groups excluding carboxylic acids is 2. The Morgan fingerprint density at radius 1 is 1.43 bits per heavy atom. The summed E-state index contributed by atoms with van der Waals surface area (Å²) in [4.78, 5) is 21.9. The van der Waals surface area contributed by atoms with Crippen molar-refractivity contribution in [2.24, 2.45) is 0 Å². The third kappa shape index (κ3) is 5.53. The predicted molar refractivity (Wildman–Crippen MR) is 50.9 cm³/mol. The molecule has 0 aliphatic rings.